The smallest absolute Gasteiger partial charge is 0.145 e. The highest BCUT2D eigenvalue weighted by Crippen LogP contribution is 2.32. The second-order valence-electron chi connectivity index (χ2n) is 7.31. The van der Waals surface area contributed by atoms with Crippen LogP contribution in [0.25, 0.3) is 5.69 Å². The summed E-state index contributed by atoms with van der Waals surface area (Å²) in [4.78, 5) is 2.57. The third-order valence-corrected chi connectivity index (χ3v) is 5.43. The SMILES string of the molecule is CCOc1ccccc1-n1nc(CN2CCCCC2)c2c1NCCCC2. The van der Waals surface area contributed by atoms with Crippen LogP contribution in [0.15, 0.2) is 24.3 Å². The summed E-state index contributed by atoms with van der Waals surface area (Å²) in [7, 11) is 0. The minimum atomic E-state index is 0.661. The Hall–Kier alpha value is -2.01. The van der Waals surface area contributed by atoms with Gasteiger partial charge in [0, 0.05) is 18.7 Å². The van der Waals surface area contributed by atoms with Gasteiger partial charge >= 0.3 is 0 Å². The summed E-state index contributed by atoms with van der Waals surface area (Å²) in [5.41, 5.74) is 3.67. The van der Waals surface area contributed by atoms with Gasteiger partial charge in [-0.05, 0) is 64.3 Å². The highest BCUT2D eigenvalue weighted by atomic mass is 16.5. The van der Waals surface area contributed by atoms with Crippen molar-refractivity contribution < 1.29 is 4.74 Å². The Morgan fingerprint density at radius 1 is 1.08 bits per heavy atom. The van der Waals surface area contributed by atoms with Crippen molar-refractivity contribution in [3.05, 3.63) is 35.5 Å². The summed E-state index contributed by atoms with van der Waals surface area (Å²) in [5.74, 6) is 2.07. The number of hydrogen-bond acceptors (Lipinski definition) is 4. The molecule has 1 aromatic carbocycles. The van der Waals surface area contributed by atoms with Crippen molar-refractivity contribution in [3.63, 3.8) is 0 Å². The second kappa shape index (κ2) is 8.12. The number of hydrogen-bond donors (Lipinski definition) is 1. The molecule has 0 radical (unpaired) electrons. The molecule has 5 heteroatoms. The lowest BCUT2D eigenvalue weighted by Crippen LogP contribution is -2.29. The molecule has 2 aliphatic heterocycles. The van der Waals surface area contributed by atoms with E-state index < -0.39 is 0 Å². The van der Waals surface area contributed by atoms with Crippen LogP contribution in [0.1, 0.15) is 50.3 Å². The number of ether oxygens (including phenoxy) is 1. The molecule has 140 valence electrons. The van der Waals surface area contributed by atoms with Crippen molar-refractivity contribution in [3.8, 4) is 11.4 Å². The van der Waals surface area contributed by atoms with Crippen molar-refractivity contribution in [1.29, 1.82) is 0 Å². The highest BCUT2D eigenvalue weighted by molar-refractivity contribution is 5.58. The number of aromatic nitrogens is 2. The van der Waals surface area contributed by atoms with E-state index in [1.165, 1.54) is 62.3 Å². The number of likely N-dealkylation sites (tertiary alicyclic amines) is 1. The van der Waals surface area contributed by atoms with E-state index in [0.717, 1.165) is 30.9 Å². The summed E-state index contributed by atoms with van der Waals surface area (Å²) in [6, 6.07) is 8.23. The van der Waals surface area contributed by atoms with Crippen LogP contribution in [0.5, 0.6) is 5.75 Å². The summed E-state index contributed by atoms with van der Waals surface area (Å²) in [6.45, 7) is 7.07. The lowest BCUT2D eigenvalue weighted by Gasteiger charge is -2.25. The van der Waals surface area contributed by atoms with Crippen molar-refractivity contribution in [1.82, 2.24) is 14.7 Å². The molecule has 1 N–H and O–H groups in total. The molecule has 0 aliphatic carbocycles. The first kappa shape index (κ1) is 17.4. The van der Waals surface area contributed by atoms with E-state index in [0.29, 0.717) is 6.61 Å². The van der Waals surface area contributed by atoms with Crippen molar-refractivity contribution >= 4 is 5.82 Å². The zero-order valence-corrected chi connectivity index (χ0v) is 15.8. The molecule has 0 unspecified atom stereocenters. The summed E-state index contributed by atoms with van der Waals surface area (Å²) in [5, 5.41) is 8.72. The van der Waals surface area contributed by atoms with Crippen LogP contribution >= 0.6 is 0 Å². The van der Waals surface area contributed by atoms with Crippen LogP contribution in [0, 0.1) is 0 Å². The number of fused-ring (bicyclic) bond motifs is 1. The molecule has 0 saturated carbocycles. The van der Waals surface area contributed by atoms with E-state index in [1.807, 2.05) is 19.1 Å². The maximum atomic E-state index is 5.87. The molecule has 1 fully saturated rings. The van der Waals surface area contributed by atoms with Gasteiger partial charge in [0.25, 0.3) is 0 Å². The standard InChI is InChI=1S/C21H30N4O/c1-2-26-20-12-5-4-11-19(20)25-21-17(10-6-7-13-22-21)18(23-25)16-24-14-8-3-9-15-24/h4-5,11-12,22H,2-3,6-10,13-16H2,1H3. The van der Waals surface area contributed by atoms with Crippen LogP contribution in [0.3, 0.4) is 0 Å². The van der Waals surface area contributed by atoms with Crippen molar-refractivity contribution in [2.24, 2.45) is 0 Å². The molecule has 2 aromatic rings. The van der Waals surface area contributed by atoms with E-state index in [-0.39, 0.29) is 0 Å². The van der Waals surface area contributed by atoms with Crippen LogP contribution < -0.4 is 10.1 Å². The first-order valence-electron chi connectivity index (χ1n) is 10.2. The van der Waals surface area contributed by atoms with Gasteiger partial charge in [0.1, 0.15) is 17.3 Å². The molecule has 1 saturated heterocycles. The number of piperidine rings is 1. The molecule has 0 bridgehead atoms. The van der Waals surface area contributed by atoms with Crippen LogP contribution in [-0.2, 0) is 13.0 Å². The summed E-state index contributed by atoms with van der Waals surface area (Å²) in [6.07, 6.45) is 7.55. The summed E-state index contributed by atoms with van der Waals surface area (Å²) < 4.78 is 7.96. The molecule has 0 spiro atoms. The first-order chi connectivity index (χ1) is 12.9. The zero-order chi connectivity index (χ0) is 17.8. The molecular formula is C21H30N4O. The van der Waals surface area contributed by atoms with Gasteiger partial charge in [-0.3, -0.25) is 4.90 Å². The fourth-order valence-corrected chi connectivity index (χ4v) is 4.11. The Bertz CT molecular complexity index is 734. The fourth-order valence-electron chi connectivity index (χ4n) is 4.11. The number of anilines is 1. The minimum absolute atomic E-state index is 0.661. The Balaban J connectivity index is 1.72. The predicted octanol–water partition coefficient (Wildman–Crippen LogP) is 4.01. The lowest BCUT2D eigenvalue weighted by atomic mass is 10.1. The van der Waals surface area contributed by atoms with Gasteiger partial charge in [0.2, 0.25) is 0 Å². The molecule has 0 atom stereocenters. The minimum Gasteiger partial charge on any atom is -0.492 e. The maximum absolute atomic E-state index is 5.87. The molecule has 26 heavy (non-hydrogen) atoms. The van der Waals surface area contributed by atoms with E-state index in [4.69, 9.17) is 9.84 Å². The Kier molecular flexibility index (Phi) is 5.44. The highest BCUT2D eigenvalue weighted by Gasteiger charge is 2.23. The molecular weight excluding hydrogens is 324 g/mol. The van der Waals surface area contributed by atoms with Gasteiger partial charge in [-0.2, -0.15) is 5.10 Å². The van der Waals surface area contributed by atoms with Gasteiger partial charge in [-0.15, -0.1) is 0 Å². The number of para-hydroxylation sites is 2. The third kappa shape index (κ3) is 3.58. The van der Waals surface area contributed by atoms with Gasteiger partial charge < -0.3 is 10.1 Å². The van der Waals surface area contributed by atoms with Crippen molar-refractivity contribution in [2.45, 2.75) is 52.0 Å². The molecule has 0 amide bonds. The Labute approximate surface area is 156 Å². The van der Waals surface area contributed by atoms with Gasteiger partial charge in [0.15, 0.2) is 0 Å². The molecule has 4 rings (SSSR count). The Morgan fingerprint density at radius 3 is 2.77 bits per heavy atom. The molecule has 2 aliphatic rings. The average Bonchev–Trinajstić information content (AvgIpc) is 2.84. The second-order valence-corrected chi connectivity index (χ2v) is 7.31. The van der Waals surface area contributed by atoms with E-state index >= 15 is 0 Å². The van der Waals surface area contributed by atoms with Gasteiger partial charge in [-0.1, -0.05) is 18.6 Å². The number of rotatable bonds is 5. The number of nitrogens with one attached hydrogen (secondary N) is 1. The van der Waals surface area contributed by atoms with Crippen LogP contribution in [0.4, 0.5) is 5.82 Å². The lowest BCUT2D eigenvalue weighted by molar-refractivity contribution is 0.217. The van der Waals surface area contributed by atoms with Crippen LogP contribution in [-0.4, -0.2) is 40.9 Å². The van der Waals surface area contributed by atoms with Gasteiger partial charge in [-0.25, -0.2) is 4.68 Å². The molecule has 1 aromatic heterocycles. The summed E-state index contributed by atoms with van der Waals surface area (Å²) >= 11 is 0. The van der Waals surface area contributed by atoms with Crippen LogP contribution in [0.2, 0.25) is 0 Å². The largest absolute Gasteiger partial charge is 0.492 e. The van der Waals surface area contributed by atoms with E-state index in [2.05, 4.69) is 27.0 Å². The Morgan fingerprint density at radius 2 is 1.92 bits per heavy atom. The topological polar surface area (TPSA) is 42.3 Å². The molecule has 5 nitrogen and oxygen atoms in total. The molecule has 3 heterocycles. The maximum Gasteiger partial charge on any atom is 0.145 e. The van der Waals surface area contributed by atoms with E-state index in [1.54, 1.807) is 0 Å². The average molecular weight is 354 g/mol. The third-order valence-electron chi connectivity index (χ3n) is 5.43. The normalized spacial score (nSPS) is 18.0. The zero-order valence-electron chi connectivity index (χ0n) is 15.8. The number of benzene rings is 1. The monoisotopic (exact) mass is 354 g/mol. The quantitative estimate of drug-likeness (QED) is 0.881. The van der Waals surface area contributed by atoms with Crippen molar-refractivity contribution in [2.75, 3.05) is 31.6 Å². The van der Waals surface area contributed by atoms with E-state index in [9.17, 15) is 0 Å². The fraction of sp³-hybridized carbons (Fsp3) is 0.571. The first-order valence-corrected chi connectivity index (χ1v) is 10.2. The number of nitrogens with zero attached hydrogens (tertiary/aromatic N) is 3. The van der Waals surface area contributed by atoms with Gasteiger partial charge in [0.05, 0.1) is 12.3 Å². The predicted molar refractivity (Wildman–Crippen MR) is 105 cm³/mol.